The van der Waals surface area contributed by atoms with Crippen LogP contribution in [0.3, 0.4) is 0 Å². The molecule has 0 spiro atoms. The Balaban J connectivity index is 3.05. The van der Waals surface area contributed by atoms with Crippen molar-refractivity contribution < 1.29 is 9.90 Å². The highest BCUT2D eigenvalue weighted by Gasteiger charge is 2.14. The van der Waals surface area contributed by atoms with Gasteiger partial charge in [-0.1, -0.05) is 34.1 Å². The number of carbonyl (C=O) groups excluding carboxylic acids is 1. The lowest BCUT2D eigenvalue weighted by molar-refractivity contribution is -0.116. The smallest absolute Gasteiger partial charge is 0.147 e. The molecule has 1 atom stereocenters. The third-order valence-electron chi connectivity index (χ3n) is 2.15. The summed E-state index contributed by atoms with van der Waals surface area (Å²) in [5, 5.41) is 8.92. The number of aryl methyl sites for hydroxylation is 1. The second kappa shape index (κ2) is 4.71. The lowest BCUT2D eigenvalue weighted by Crippen LogP contribution is -2.03. The Morgan fingerprint density at radius 1 is 1.57 bits per heavy atom. The molecule has 1 aromatic carbocycles. The van der Waals surface area contributed by atoms with Gasteiger partial charge in [-0.15, -0.1) is 0 Å². The van der Waals surface area contributed by atoms with Crippen molar-refractivity contribution in [2.75, 3.05) is 0 Å². The number of hydrogen-bond donors (Lipinski definition) is 1. The van der Waals surface area contributed by atoms with E-state index in [2.05, 4.69) is 15.9 Å². The predicted octanol–water partition coefficient (Wildman–Crippen LogP) is 2.51. The van der Waals surface area contributed by atoms with Crippen LogP contribution in [-0.4, -0.2) is 10.9 Å². The number of aliphatic hydroxyl groups is 1. The maximum absolute atomic E-state index is 11.2. The molecule has 1 rings (SSSR count). The Kier molecular flexibility index (Phi) is 3.84. The largest absolute Gasteiger partial charge is 0.392 e. The van der Waals surface area contributed by atoms with Crippen LogP contribution in [0.5, 0.6) is 0 Å². The van der Waals surface area contributed by atoms with Crippen LogP contribution in [0.25, 0.3) is 0 Å². The van der Waals surface area contributed by atoms with Gasteiger partial charge in [0.2, 0.25) is 0 Å². The highest BCUT2D eigenvalue weighted by Crippen LogP contribution is 2.27. The van der Waals surface area contributed by atoms with Crippen LogP contribution in [0.15, 0.2) is 18.2 Å². The Morgan fingerprint density at radius 2 is 2.21 bits per heavy atom. The van der Waals surface area contributed by atoms with Crippen molar-refractivity contribution in [3.8, 4) is 0 Å². The van der Waals surface area contributed by atoms with E-state index >= 15 is 0 Å². The van der Waals surface area contributed by atoms with Gasteiger partial charge in [0.05, 0.1) is 11.4 Å². The molecule has 0 aromatic heterocycles. The number of hydrogen-bond acceptors (Lipinski definition) is 2. The summed E-state index contributed by atoms with van der Waals surface area (Å²) in [6.07, 6.45) is 0. The van der Waals surface area contributed by atoms with Crippen molar-refractivity contribution in [1.82, 2.24) is 0 Å². The Hall–Kier alpha value is -0.670. The van der Waals surface area contributed by atoms with Crippen LogP contribution >= 0.6 is 15.9 Å². The van der Waals surface area contributed by atoms with Crippen LogP contribution in [0.1, 0.15) is 28.4 Å². The monoisotopic (exact) mass is 256 g/mol. The van der Waals surface area contributed by atoms with E-state index in [-0.39, 0.29) is 17.2 Å². The lowest BCUT2D eigenvalue weighted by atomic mass is 10.0. The fraction of sp³-hybridized carbons (Fsp3) is 0.364. The van der Waals surface area contributed by atoms with Crippen LogP contribution in [0.4, 0.5) is 0 Å². The summed E-state index contributed by atoms with van der Waals surface area (Å²) in [5.41, 5.74) is 2.86. The van der Waals surface area contributed by atoms with Crippen molar-refractivity contribution in [3.63, 3.8) is 0 Å². The van der Waals surface area contributed by atoms with Gasteiger partial charge in [-0.2, -0.15) is 0 Å². The molecule has 0 saturated carbocycles. The van der Waals surface area contributed by atoms with E-state index in [1.807, 2.05) is 25.1 Å². The normalized spacial score (nSPS) is 12.6. The summed E-state index contributed by atoms with van der Waals surface area (Å²) < 4.78 is 0. The zero-order chi connectivity index (χ0) is 10.7. The SMILES string of the molecule is CC(=O)C(Br)c1ccc(CO)cc1C. The molecule has 76 valence electrons. The summed E-state index contributed by atoms with van der Waals surface area (Å²) in [7, 11) is 0. The number of halogens is 1. The molecule has 1 aromatic rings. The Bertz CT molecular complexity index is 347. The average molecular weight is 257 g/mol. The predicted molar refractivity (Wildman–Crippen MR) is 59.5 cm³/mol. The van der Waals surface area contributed by atoms with Gasteiger partial charge in [-0.05, 0) is 30.5 Å². The fourth-order valence-corrected chi connectivity index (χ4v) is 1.85. The second-order valence-corrected chi connectivity index (χ2v) is 4.24. The first-order valence-electron chi connectivity index (χ1n) is 4.41. The summed E-state index contributed by atoms with van der Waals surface area (Å²) >= 11 is 3.34. The van der Waals surface area contributed by atoms with Crippen molar-refractivity contribution in [2.45, 2.75) is 25.3 Å². The van der Waals surface area contributed by atoms with E-state index in [1.165, 1.54) is 0 Å². The Morgan fingerprint density at radius 3 is 2.64 bits per heavy atom. The fourth-order valence-electron chi connectivity index (χ4n) is 1.34. The zero-order valence-electron chi connectivity index (χ0n) is 8.25. The number of aliphatic hydroxyl groups excluding tert-OH is 1. The molecule has 14 heavy (non-hydrogen) atoms. The molecule has 2 nitrogen and oxygen atoms in total. The molecule has 0 aliphatic carbocycles. The van der Waals surface area contributed by atoms with Gasteiger partial charge in [-0.3, -0.25) is 4.79 Å². The number of benzene rings is 1. The molecule has 1 unspecified atom stereocenters. The number of rotatable bonds is 3. The molecule has 0 bridgehead atoms. The van der Waals surface area contributed by atoms with Gasteiger partial charge in [-0.25, -0.2) is 0 Å². The first-order chi connectivity index (χ1) is 6.56. The minimum absolute atomic E-state index is 0.0359. The molecule has 0 fully saturated rings. The Labute approximate surface area is 92.1 Å². The maximum atomic E-state index is 11.2. The number of carbonyl (C=O) groups is 1. The minimum atomic E-state index is -0.241. The van der Waals surface area contributed by atoms with Crippen molar-refractivity contribution in [2.24, 2.45) is 0 Å². The zero-order valence-corrected chi connectivity index (χ0v) is 9.84. The van der Waals surface area contributed by atoms with Crippen molar-refractivity contribution in [3.05, 3.63) is 34.9 Å². The molecule has 0 amide bonds. The molecule has 0 saturated heterocycles. The maximum Gasteiger partial charge on any atom is 0.147 e. The third-order valence-corrected chi connectivity index (χ3v) is 3.28. The first-order valence-corrected chi connectivity index (χ1v) is 5.32. The standard InChI is InChI=1S/C11H13BrO2/c1-7-5-9(6-13)3-4-10(7)11(12)8(2)14/h3-5,11,13H,6H2,1-2H3. The van der Waals surface area contributed by atoms with Crippen molar-refractivity contribution in [1.29, 1.82) is 0 Å². The first kappa shape index (κ1) is 11.4. The highest BCUT2D eigenvalue weighted by atomic mass is 79.9. The average Bonchev–Trinajstić information content (AvgIpc) is 2.16. The molecule has 3 heteroatoms. The van der Waals surface area contributed by atoms with Crippen LogP contribution < -0.4 is 0 Å². The summed E-state index contributed by atoms with van der Waals surface area (Å²) in [6.45, 7) is 3.53. The molecular weight excluding hydrogens is 244 g/mol. The summed E-state index contributed by atoms with van der Waals surface area (Å²) in [6, 6.07) is 5.60. The van der Waals surface area contributed by atoms with Gasteiger partial charge in [0.25, 0.3) is 0 Å². The second-order valence-electron chi connectivity index (χ2n) is 3.32. The van der Waals surface area contributed by atoms with E-state index < -0.39 is 0 Å². The van der Waals surface area contributed by atoms with Crippen molar-refractivity contribution >= 4 is 21.7 Å². The van der Waals surface area contributed by atoms with Crippen LogP contribution in [-0.2, 0) is 11.4 Å². The molecule has 0 heterocycles. The van der Waals surface area contributed by atoms with E-state index in [0.29, 0.717) is 0 Å². The molecule has 0 aliphatic rings. The molecular formula is C11H13BrO2. The molecule has 0 aliphatic heterocycles. The van der Waals surface area contributed by atoms with E-state index in [9.17, 15) is 4.79 Å². The van der Waals surface area contributed by atoms with Gasteiger partial charge in [0, 0.05) is 0 Å². The molecule has 0 radical (unpaired) electrons. The van der Waals surface area contributed by atoms with Crippen LogP contribution in [0, 0.1) is 6.92 Å². The van der Waals surface area contributed by atoms with E-state index in [1.54, 1.807) is 6.92 Å². The number of alkyl halides is 1. The topological polar surface area (TPSA) is 37.3 Å². The van der Waals surface area contributed by atoms with Gasteiger partial charge >= 0.3 is 0 Å². The summed E-state index contributed by atoms with van der Waals surface area (Å²) in [5.74, 6) is 0.0878. The van der Waals surface area contributed by atoms with Crippen LogP contribution in [0.2, 0.25) is 0 Å². The van der Waals surface area contributed by atoms with E-state index in [0.717, 1.165) is 16.7 Å². The van der Waals surface area contributed by atoms with Gasteiger partial charge < -0.3 is 5.11 Å². The molecule has 1 N–H and O–H groups in total. The minimum Gasteiger partial charge on any atom is -0.392 e. The quantitative estimate of drug-likeness (QED) is 0.845. The number of ketones is 1. The van der Waals surface area contributed by atoms with E-state index in [4.69, 9.17) is 5.11 Å². The summed E-state index contributed by atoms with van der Waals surface area (Å²) in [4.78, 5) is 10.9. The third kappa shape index (κ3) is 2.42. The van der Waals surface area contributed by atoms with Gasteiger partial charge in [0.1, 0.15) is 5.78 Å². The number of Topliss-reactive ketones (excluding diaryl/α,β-unsaturated/α-hetero) is 1. The lowest BCUT2D eigenvalue weighted by Gasteiger charge is -2.10. The highest BCUT2D eigenvalue weighted by molar-refractivity contribution is 9.09. The van der Waals surface area contributed by atoms with Gasteiger partial charge in [0.15, 0.2) is 0 Å².